The highest BCUT2D eigenvalue weighted by molar-refractivity contribution is 6.32. The summed E-state index contributed by atoms with van der Waals surface area (Å²) < 4.78 is 5.91. The number of aromatic nitrogens is 1. The second kappa shape index (κ2) is 6.83. The molecular weight excluding hydrogens is 318 g/mol. The number of piperidine rings is 1. The first-order chi connectivity index (χ1) is 11.1. The zero-order valence-electron chi connectivity index (χ0n) is 12.4. The van der Waals surface area contributed by atoms with Gasteiger partial charge in [-0.2, -0.15) is 0 Å². The highest BCUT2D eigenvalue weighted by Gasteiger charge is 2.22. The summed E-state index contributed by atoms with van der Waals surface area (Å²) in [5.41, 5.74) is 1.13. The number of halogens is 1. The molecule has 3 rings (SSSR count). The van der Waals surface area contributed by atoms with Crippen LogP contribution >= 0.6 is 11.6 Å². The Morgan fingerprint density at radius 2 is 1.91 bits per heavy atom. The van der Waals surface area contributed by atoms with Crippen LogP contribution in [0.4, 0.5) is 11.4 Å². The third-order valence-corrected chi connectivity index (χ3v) is 4.19. The monoisotopic (exact) mass is 333 g/mol. The van der Waals surface area contributed by atoms with Gasteiger partial charge in [-0.3, -0.25) is 15.1 Å². The first kappa shape index (κ1) is 15.6. The summed E-state index contributed by atoms with van der Waals surface area (Å²) in [5, 5.41) is 11.0. The predicted octanol–water partition coefficient (Wildman–Crippen LogP) is 3.69. The minimum absolute atomic E-state index is 0.0325. The highest BCUT2D eigenvalue weighted by atomic mass is 35.5. The van der Waals surface area contributed by atoms with Gasteiger partial charge in [0.05, 0.1) is 9.95 Å². The summed E-state index contributed by atoms with van der Waals surface area (Å²) in [6.07, 6.45) is 5.38. The van der Waals surface area contributed by atoms with Crippen molar-refractivity contribution in [1.29, 1.82) is 0 Å². The molecule has 2 heterocycles. The van der Waals surface area contributed by atoms with Crippen LogP contribution in [0.5, 0.6) is 5.75 Å². The number of nitro groups is 1. The van der Waals surface area contributed by atoms with Gasteiger partial charge in [0.25, 0.3) is 5.69 Å². The number of hydrogen-bond donors (Lipinski definition) is 0. The molecule has 0 unspecified atom stereocenters. The van der Waals surface area contributed by atoms with E-state index in [0.717, 1.165) is 31.6 Å². The lowest BCUT2D eigenvalue weighted by atomic mass is 10.1. The van der Waals surface area contributed by atoms with Crippen molar-refractivity contribution < 1.29 is 9.66 Å². The third-order valence-electron chi connectivity index (χ3n) is 3.89. The molecule has 1 aliphatic heterocycles. The normalized spacial score (nSPS) is 15.4. The summed E-state index contributed by atoms with van der Waals surface area (Å²) in [6, 6.07) is 8.29. The number of benzene rings is 1. The first-order valence-electron chi connectivity index (χ1n) is 7.39. The van der Waals surface area contributed by atoms with Crippen LogP contribution in [-0.2, 0) is 0 Å². The number of rotatable bonds is 4. The fourth-order valence-corrected chi connectivity index (χ4v) is 2.88. The number of ether oxygens (including phenoxy) is 1. The lowest BCUT2D eigenvalue weighted by molar-refractivity contribution is -0.384. The minimum atomic E-state index is -0.469. The molecule has 1 aromatic heterocycles. The number of pyridine rings is 1. The van der Waals surface area contributed by atoms with Crippen molar-refractivity contribution in [1.82, 2.24) is 4.98 Å². The highest BCUT2D eigenvalue weighted by Crippen LogP contribution is 2.31. The summed E-state index contributed by atoms with van der Waals surface area (Å²) in [7, 11) is 0. The largest absolute Gasteiger partial charge is 0.489 e. The Labute approximate surface area is 138 Å². The Bertz CT molecular complexity index is 688. The van der Waals surface area contributed by atoms with Gasteiger partial charge in [-0.05, 0) is 18.2 Å². The number of non-ortho nitro benzene ring substituents is 1. The molecule has 23 heavy (non-hydrogen) atoms. The molecule has 0 radical (unpaired) electrons. The Morgan fingerprint density at radius 1 is 1.22 bits per heavy atom. The summed E-state index contributed by atoms with van der Waals surface area (Å²) in [4.78, 5) is 16.6. The predicted molar refractivity (Wildman–Crippen MR) is 88.2 cm³/mol. The maximum Gasteiger partial charge on any atom is 0.271 e. The summed E-state index contributed by atoms with van der Waals surface area (Å²) in [5.74, 6) is 0.500. The molecule has 0 aliphatic carbocycles. The average molecular weight is 334 g/mol. The van der Waals surface area contributed by atoms with Crippen molar-refractivity contribution in [3.63, 3.8) is 0 Å². The molecule has 0 atom stereocenters. The molecule has 6 nitrogen and oxygen atoms in total. The molecule has 1 aromatic carbocycles. The Kier molecular flexibility index (Phi) is 4.62. The zero-order chi connectivity index (χ0) is 16.2. The Balaban J connectivity index is 1.60. The zero-order valence-corrected chi connectivity index (χ0v) is 13.1. The fraction of sp³-hybridized carbons (Fsp3) is 0.312. The van der Waals surface area contributed by atoms with Gasteiger partial charge in [0.15, 0.2) is 0 Å². The Hall–Kier alpha value is -2.34. The SMILES string of the molecule is O=[N+]([O-])c1ccc(OC2CCN(c3ccncc3)CC2)c(Cl)c1. The third kappa shape index (κ3) is 3.71. The van der Waals surface area contributed by atoms with Gasteiger partial charge in [-0.25, -0.2) is 0 Å². The molecular formula is C16H16ClN3O3. The van der Waals surface area contributed by atoms with Crippen LogP contribution in [0.1, 0.15) is 12.8 Å². The second-order valence-electron chi connectivity index (χ2n) is 5.38. The van der Waals surface area contributed by atoms with E-state index >= 15 is 0 Å². The van der Waals surface area contributed by atoms with Crippen molar-refractivity contribution in [2.75, 3.05) is 18.0 Å². The quantitative estimate of drug-likeness (QED) is 0.630. The van der Waals surface area contributed by atoms with Gasteiger partial charge in [0.1, 0.15) is 11.9 Å². The van der Waals surface area contributed by atoms with E-state index in [2.05, 4.69) is 9.88 Å². The topological polar surface area (TPSA) is 68.5 Å². The van der Waals surface area contributed by atoms with E-state index in [1.165, 1.54) is 12.1 Å². The van der Waals surface area contributed by atoms with Gasteiger partial charge in [-0.15, -0.1) is 0 Å². The number of hydrogen-bond acceptors (Lipinski definition) is 5. The van der Waals surface area contributed by atoms with E-state index in [0.29, 0.717) is 5.75 Å². The van der Waals surface area contributed by atoms with Crippen LogP contribution in [0.25, 0.3) is 0 Å². The second-order valence-corrected chi connectivity index (χ2v) is 5.79. The van der Waals surface area contributed by atoms with E-state index < -0.39 is 4.92 Å². The molecule has 0 N–H and O–H groups in total. The van der Waals surface area contributed by atoms with E-state index in [1.54, 1.807) is 18.5 Å². The van der Waals surface area contributed by atoms with Crippen LogP contribution in [0, 0.1) is 10.1 Å². The molecule has 7 heteroatoms. The molecule has 0 bridgehead atoms. The molecule has 1 fully saturated rings. The van der Waals surface area contributed by atoms with Crippen molar-refractivity contribution >= 4 is 23.0 Å². The molecule has 0 spiro atoms. The molecule has 0 saturated carbocycles. The summed E-state index contributed by atoms with van der Waals surface area (Å²) >= 11 is 6.07. The van der Waals surface area contributed by atoms with E-state index in [9.17, 15) is 10.1 Å². The van der Waals surface area contributed by atoms with Crippen molar-refractivity contribution in [3.05, 3.63) is 57.9 Å². The molecule has 2 aromatic rings. The lowest BCUT2D eigenvalue weighted by Crippen LogP contribution is -2.38. The van der Waals surface area contributed by atoms with Crippen molar-refractivity contribution in [3.8, 4) is 5.75 Å². The maximum atomic E-state index is 10.7. The van der Waals surface area contributed by atoms with E-state index in [1.807, 2.05) is 12.1 Å². The number of nitro benzene ring substituents is 1. The fourth-order valence-electron chi connectivity index (χ4n) is 2.67. The van der Waals surface area contributed by atoms with Crippen LogP contribution < -0.4 is 9.64 Å². The summed E-state index contributed by atoms with van der Waals surface area (Å²) in [6.45, 7) is 1.78. The van der Waals surface area contributed by atoms with E-state index in [-0.39, 0.29) is 16.8 Å². The average Bonchev–Trinajstić information content (AvgIpc) is 2.58. The Morgan fingerprint density at radius 3 is 2.52 bits per heavy atom. The van der Waals surface area contributed by atoms with Crippen LogP contribution in [0.3, 0.4) is 0 Å². The van der Waals surface area contributed by atoms with Gasteiger partial charge < -0.3 is 9.64 Å². The first-order valence-corrected chi connectivity index (χ1v) is 7.77. The maximum absolute atomic E-state index is 10.7. The molecule has 1 aliphatic rings. The van der Waals surface area contributed by atoms with Crippen LogP contribution in [0.15, 0.2) is 42.7 Å². The van der Waals surface area contributed by atoms with E-state index in [4.69, 9.17) is 16.3 Å². The smallest absolute Gasteiger partial charge is 0.271 e. The number of nitrogens with zero attached hydrogens (tertiary/aromatic N) is 3. The standard InChI is InChI=1S/C16H16ClN3O3/c17-15-11-13(20(21)22)1-2-16(15)23-14-5-9-19(10-6-14)12-3-7-18-8-4-12/h1-4,7-8,11,14H,5-6,9-10H2. The molecule has 120 valence electrons. The van der Waals surface area contributed by atoms with Gasteiger partial charge in [0.2, 0.25) is 0 Å². The molecule has 1 saturated heterocycles. The molecule has 0 amide bonds. The van der Waals surface area contributed by atoms with Gasteiger partial charge in [-0.1, -0.05) is 11.6 Å². The van der Waals surface area contributed by atoms with Crippen LogP contribution in [-0.4, -0.2) is 29.1 Å². The van der Waals surface area contributed by atoms with Crippen molar-refractivity contribution in [2.45, 2.75) is 18.9 Å². The lowest BCUT2D eigenvalue weighted by Gasteiger charge is -2.33. The van der Waals surface area contributed by atoms with Crippen molar-refractivity contribution in [2.24, 2.45) is 0 Å². The van der Waals surface area contributed by atoms with Gasteiger partial charge in [0, 0.05) is 56.1 Å². The van der Waals surface area contributed by atoms with Crippen LogP contribution in [0.2, 0.25) is 5.02 Å². The minimum Gasteiger partial charge on any atom is -0.489 e. The number of anilines is 1. The van der Waals surface area contributed by atoms with Gasteiger partial charge >= 0.3 is 0 Å².